The molecule has 11 heteroatoms. The van der Waals surface area contributed by atoms with Crippen molar-refractivity contribution in [1.82, 2.24) is 20.9 Å². The van der Waals surface area contributed by atoms with E-state index >= 15 is 0 Å². The molecule has 2 heterocycles. The van der Waals surface area contributed by atoms with Crippen LogP contribution in [-0.4, -0.2) is 60.3 Å². The van der Waals surface area contributed by atoms with E-state index in [4.69, 9.17) is 4.74 Å². The van der Waals surface area contributed by atoms with Gasteiger partial charge in [0.25, 0.3) is 0 Å². The number of nitrogens with one attached hydrogen (secondary N) is 4. The van der Waals surface area contributed by atoms with Gasteiger partial charge in [0.05, 0.1) is 24.9 Å². The summed E-state index contributed by atoms with van der Waals surface area (Å²) in [6, 6.07) is 15.2. The summed E-state index contributed by atoms with van der Waals surface area (Å²) in [5.41, 5.74) is 3.02. The third-order valence-corrected chi connectivity index (χ3v) is 7.92. The molecule has 4 amide bonds. The molecule has 1 unspecified atom stereocenters. The van der Waals surface area contributed by atoms with E-state index in [0.717, 1.165) is 16.5 Å². The number of anilines is 1. The van der Waals surface area contributed by atoms with E-state index in [-0.39, 0.29) is 49.5 Å². The molecule has 0 fully saturated rings. The van der Waals surface area contributed by atoms with Crippen molar-refractivity contribution in [3.63, 3.8) is 0 Å². The minimum absolute atomic E-state index is 0.158. The zero-order chi connectivity index (χ0) is 32.3. The van der Waals surface area contributed by atoms with Crippen LogP contribution < -0.4 is 21.3 Å². The number of carbonyl (C=O) groups is 5. The van der Waals surface area contributed by atoms with Gasteiger partial charge in [0.2, 0.25) is 23.6 Å². The van der Waals surface area contributed by atoms with E-state index in [1.807, 2.05) is 68.4 Å². The maximum Gasteiger partial charge on any atom is 0.328 e. The number of carbonyl (C=O) groups excluding carboxylic acids is 5. The fourth-order valence-corrected chi connectivity index (χ4v) is 5.54. The van der Waals surface area contributed by atoms with E-state index in [1.54, 1.807) is 6.20 Å². The van der Waals surface area contributed by atoms with Crippen LogP contribution in [0.3, 0.4) is 0 Å². The molecule has 1 aliphatic rings. The first-order valence-corrected chi connectivity index (χ1v) is 15.3. The van der Waals surface area contributed by atoms with Crippen molar-refractivity contribution in [3.05, 3.63) is 71.9 Å². The summed E-state index contributed by atoms with van der Waals surface area (Å²) in [6.07, 6.45) is 4.12. The SMILES string of the molecule is COC(=O)[C@@H]1Cc2cccc(c2)C(CC(=O)Nc2cccc3cccnc23)CCCCC(=O)N[C@@H](C(C)C)C(=O)NCC(=O)N1. The van der Waals surface area contributed by atoms with Gasteiger partial charge in [-0.3, -0.25) is 24.2 Å². The molecule has 0 aliphatic carbocycles. The zero-order valence-corrected chi connectivity index (χ0v) is 25.9. The number of nitrogens with zero attached hydrogens (tertiary/aromatic N) is 1. The Kier molecular flexibility index (Phi) is 11.6. The predicted octanol–water partition coefficient (Wildman–Crippen LogP) is 3.38. The summed E-state index contributed by atoms with van der Waals surface area (Å²) < 4.78 is 4.94. The summed E-state index contributed by atoms with van der Waals surface area (Å²) in [5.74, 6) is -2.51. The van der Waals surface area contributed by atoms with Crippen LogP contribution in [-0.2, 0) is 35.1 Å². The number of ether oxygens (including phenoxy) is 1. The largest absolute Gasteiger partial charge is 0.467 e. The number of benzene rings is 2. The number of aromatic nitrogens is 1. The molecule has 238 valence electrons. The summed E-state index contributed by atoms with van der Waals surface area (Å²) in [5, 5.41) is 11.9. The number of esters is 1. The Bertz CT molecular complexity index is 1540. The summed E-state index contributed by atoms with van der Waals surface area (Å²) in [4.78, 5) is 68.8. The Morgan fingerprint density at radius 1 is 1.00 bits per heavy atom. The van der Waals surface area contributed by atoms with Gasteiger partial charge < -0.3 is 26.0 Å². The van der Waals surface area contributed by atoms with Crippen LogP contribution in [0.1, 0.15) is 63.0 Å². The highest BCUT2D eigenvalue weighted by Crippen LogP contribution is 2.29. The second-order valence-electron chi connectivity index (χ2n) is 11.7. The van der Waals surface area contributed by atoms with Gasteiger partial charge in [-0.1, -0.05) is 62.7 Å². The monoisotopic (exact) mass is 615 g/mol. The number of pyridine rings is 1. The molecule has 11 nitrogen and oxygen atoms in total. The van der Waals surface area contributed by atoms with Crippen molar-refractivity contribution < 1.29 is 28.7 Å². The third-order valence-electron chi connectivity index (χ3n) is 7.92. The number of hydrogen-bond acceptors (Lipinski definition) is 7. The molecule has 4 N–H and O–H groups in total. The summed E-state index contributed by atoms with van der Waals surface area (Å²) in [7, 11) is 1.24. The molecule has 2 bridgehead atoms. The Morgan fingerprint density at radius 2 is 1.78 bits per heavy atom. The van der Waals surface area contributed by atoms with Gasteiger partial charge in [0.1, 0.15) is 12.1 Å². The first kappa shape index (κ1) is 33.1. The lowest BCUT2D eigenvalue weighted by Gasteiger charge is -2.23. The molecule has 2 aromatic carbocycles. The number of amides is 4. The molecule has 3 atom stereocenters. The third kappa shape index (κ3) is 9.34. The Balaban J connectivity index is 1.59. The van der Waals surface area contributed by atoms with E-state index in [9.17, 15) is 24.0 Å². The molecule has 1 aliphatic heterocycles. The van der Waals surface area contributed by atoms with E-state index in [2.05, 4.69) is 26.3 Å². The molecule has 45 heavy (non-hydrogen) atoms. The zero-order valence-electron chi connectivity index (χ0n) is 25.9. The average molecular weight is 616 g/mol. The lowest BCUT2D eigenvalue weighted by molar-refractivity contribution is -0.145. The standard InChI is InChI=1S/C34H41N5O6/c1-21(2)31-33(43)36-20-30(42)38-27(34(44)45-3)18-22-9-6-12-24(17-22)25(10-4-5-15-28(40)39-31)19-29(41)37-26-14-7-11-23-13-8-16-35-32(23)26/h6-9,11-14,16-17,21,25,27,31H,4-5,10,15,18-20H2,1-3H3,(H,36,43)(H,37,41)(H,38,42)(H,39,40)/t25?,27-,31-/m0/s1. The maximum atomic E-state index is 13.4. The van der Waals surface area contributed by atoms with E-state index in [1.165, 1.54) is 7.11 Å². The van der Waals surface area contributed by atoms with Gasteiger partial charge in [-0.25, -0.2) is 4.79 Å². The summed E-state index contributed by atoms with van der Waals surface area (Å²) in [6.45, 7) is 3.25. The first-order valence-electron chi connectivity index (χ1n) is 15.3. The molecule has 0 spiro atoms. The van der Waals surface area contributed by atoms with Crippen LogP contribution in [0.5, 0.6) is 0 Å². The van der Waals surface area contributed by atoms with Crippen molar-refractivity contribution in [2.24, 2.45) is 5.92 Å². The normalized spacial score (nSPS) is 20.3. The van der Waals surface area contributed by atoms with E-state index in [0.29, 0.717) is 30.5 Å². The molecular weight excluding hydrogens is 574 g/mol. The molecular formula is C34H41N5O6. The molecule has 3 aromatic rings. The highest BCUT2D eigenvalue weighted by molar-refractivity contribution is 6.00. The second-order valence-corrected chi connectivity index (χ2v) is 11.7. The molecule has 0 saturated heterocycles. The van der Waals surface area contributed by atoms with Crippen LogP contribution in [0.2, 0.25) is 0 Å². The molecule has 1 aromatic heterocycles. The molecule has 0 radical (unpaired) electrons. The highest BCUT2D eigenvalue weighted by Gasteiger charge is 2.27. The fourth-order valence-electron chi connectivity index (χ4n) is 5.54. The smallest absolute Gasteiger partial charge is 0.328 e. The van der Waals surface area contributed by atoms with E-state index < -0.39 is 29.9 Å². The minimum Gasteiger partial charge on any atom is -0.467 e. The molecule has 4 rings (SSSR count). The Morgan fingerprint density at radius 3 is 2.56 bits per heavy atom. The number of hydrogen-bond donors (Lipinski definition) is 4. The van der Waals surface area contributed by atoms with Crippen molar-refractivity contribution in [1.29, 1.82) is 0 Å². The number of rotatable bonds is 5. The van der Waals surface area contributed by atoms with Crippen molar-refractivity contribution in [2.75, 3.05) is 19.0 Å². The lowest BCUT2D eigenvalue weighted by atomic mass is 9.88. The van der Waals surface area contributed by atoms with Crippen LogP contribution in [0.4, 0.5) is 5.69 Å². The number of fused-ring (bicyclic) bond motifs is 3. The second kappa shape index (κ2) is 15.8. The topological polar surface area (TPSA) is 156 Å². The van der Waals surface area contributed by atoms with Crippen molar-refractivity contribution >= 4 is 46.2 Å². The molecule has 0 saturated carbocycles. The van der Waals surface area contributed by atoms with Crippen LogP contribution in [0, 0.1) is 5.92 Å². The average Bonchev–Trinajstić information content (AvgIpc) is 3.03. The maximum absolute atomic E-state index is 13.4. The van der Waals surface area contributed by atoms with Crippen LogP contribution in [0.15, 0.2) is 60.8 Å². The van der Waals surface area contributed by atoms with Gasteiger partial charge in [-0.05, 0) is 47.9 Å². The van der Waals surface area contributed by atoms with Gasteiger partial charge in [0, 0.05) is 30.8 Å². The predicted molar refractivity (Wildman–Crippen MR) is 170 cm³/mol. The number of methoxy groups -OCH3 is 1. The number of para-hydroxylation sites is 1. The quantitative estimate of drug-likeness (QED) is 0.321. The van der Waals surface area contributed by atoms with Crippen molar-refractivity contribution in [2.45, 2.75) is 70.4 Å². The first-order chi connectivity index (χ1) is 21.6. The lowest BCUT2D eigenvalue weighted by Crippen LogP contribution is -2.52. The Labute approximate surface area is 262 Å². The van der Waals surface area contributed by atoms with Gasteiger partial charge >= 0.3 is 5.97 Å². The van der Waals surface area contributed by atoms with Gasteiger partial charge in [-0.15, -0.1) is 0 Å². The van der Waals surface area contributed by atoms with Gasteiger partial charge in [-0.2, -0.15) is 0 Å². The summed E-state index contributed by atoms with van der Waals surface area (Å²) >= 11 is 0. The Hall–Kier alpha value is -4.80. The minimum atomic E-state index is -0.991. The van der Waals surface area contributed by atoms with Crippen LogP contribution >= 0.6 is 0 Å². The van der Waals surface area contributed by atoms with Crippen molar-refractivity contribution in [3.8, 4) is 0 Å². The van der Waals surface area contributed by atoms with Gasteiger partial charge in [0.15, 0.2) is 0 Å². The fraction of sp³-hybridized carbons (Fsp3) is 0.412. The highest BCUT2D eigenvalue weighted by atomic mass is 16.5. The van der Waals surface area contributed by atoms with Crippen LogP contribution in [0.25, 0.3) is 10.9 Å².